The maximum Gasteiger partial charge on any atom is 0.264 e. The molecule has 1 aliphatic rings. The van der Waals surface area contributed by atoms with E-state index >= 15 is 0 Å². The second-order valence-electron chi connectivity index (χ2n) is 7.18. The summed E-state index contributed by atoms with van der Waals surface area (Å²) < 4.78 is 27.2. The van der Waals surface area contributed by atoms with Gasteiger partial charge in [-0.25, -0.2) is 13.1 Å². The fourth-order valence-electron chi connectivity index (χ4n) is 3.47. The minimum Gasteiger partial charge on any atom is -0.313 e. The predicted molar refractivity (Wildman–Crippen MR) is 113 cm³/mol. The standard InChI is InChI=1S/C22H23N3O3S/c26-22(21-15-23-11-12-24-21)25-29(27,28)20-9-6-16(7-10-20)13-17-5-8-18-3-1-2-4-19(18)14-17/h1-10,14,21,23-24H,11-13,15H2,(H,25,26). The highest BCUT2D eigenvalue weighted by Gasteiger charge is 2.25. The first kappa shape index (κ1) is 19.6. The number of piperazine rings is 1. The lowest BCUT2D eigenvalue weighted by Crippen LogP contribution is -2.56. The van der Waals surface area contributed by atoms with E-state index in [9.17, 15) is 13.2 Å². The van der Waals surface area contributed by atoms with Crippen LogP contribution in [0.15, 0.2) is 71.6 Å². The predicted octanol–water partition coefficient (Wildman–Crippen LogP) is 1.80. The zero-order valence-corrected chi connectivity index (χ0v) is 16.7. The molecule has 0 spiro atoms. The van der Waals surface area contributed by atoms with Crippen LogP contribution in [0.1, 0.15) is 11.1 Å². The highest BCUT2D eigenvalue weighted by Crippen LogP contribution is 2.19. The van der Waals surface area contributed by atoms with E-state index in [4.69, 9.17) is 0 Å². The number of benzene rings is 3. The molecule has 1 amide bonds. The van der Waals surface area contributed by atoms with Gasteiger partial charge in [-0.1, -0.05) is 54.6 Å². The highest BCUT2D eigenvalue weighted by molar-refractivity contribution is 7.90. The Hall–Kier alpha value is -2.74. The number of nitrogens with one attached hydrogen (secondary N) is 3. The molecule has 6 nitrogen and oxygen atoms in total. The summed E-state index contributed by atoms with van der Waals surface area (Å²) in [4.78, 5) is 12.3. The normalized spacial score (nSPS) is 17.2. The van der Waals surface area contributed by atoms with Crippen LogP contribution in [0.2, 0.25) is 0 Å². The van der Waals surface area contributed by atoms with E-state index in [-0.39, 0.29) is 4.90 Å². The van der Waals surface area contributed by atoms with Gasteiger partial charge in [0.05, 0.1) is 4.90 Å². The summed E-state index contributed by atoms with van der Waals surface area (Å²) in [5.74, 6) is -0.544. The minimum atomic E-state index is -3.89. The fraction of sp³-hybridized carbons (Fsp3) is 0.227. The van der Waals surface area contributed by atoms with Crippen LogP contribution < -0.4 is 15.4 Å². The smallest absolute Gasteiger partial charge is 0.264 e. The molecule has 150 valence electrons. The summed E-state index contributed by atoms with van der Waals surface area (Å²) in [5.41, 5.74) is 2.16. The molecule has 0 bridgehead atoms. The van der Waals surface area contributed by atoms with Crippen molar-refractivity contribution in [1.29, 1.82) is 0 Å². The molecule has 1 unspecified atom stereocenters. The SMILES string of the molecule is O=C(NS(=O)(=O)c1ccc(Cc2ccc3ccccc3c2)cc1)C1CNCCN1. The Balaban J connectivity index is 1.45. The minimum absolute atomic E-state index is 0.0804. The molecule has 7 heteroatoms. The third-order valence-electron chi connectivity index (χ3n) is 5.05. The molecule has 4 rings (SSSR count). The number of hydrogen-bond acceptors (Lipinski definition) is 5. The van der Waals surface area contributed by atoms with Crippen molar-refractivity contribution in [3.05, 3.63) is 77.9 Å². The molecule has 3 aromatic carbocycles. The molecule has 3 aromatic rings. The Kier molecular flexibility index (Phi) is 5.62. The van der Waals surface area contributed by atoms with Crippen LogP contribution in [-0.2, 0) is 21.2 Å². The van der Waals surface area contributed by atoms with Gasteiger partial charge in [0.1, 0.15) is 6.04 Å². The van der Waals surface area contributed by atoms with Gasteiger partial charge in [0, 0.05) is 19.6 Å². The maximum atomic E-state index is 12.5. The van der Waals surface area contributed by atoms with Crippen molar-refractivity contribution >= 4 is 26.7 Å². The van der Waals surface area contributed by atoms with Gasteiger partial charge >= 0.3 is 0 Å². The van der Waals surface area contributed by atoms with Gasteiger partial charge in [-0.05, 0) is 40.5 Å². The number of amides is 1. The summed E-state index contributed by atoms with van der Waals surface area (Å²) in [6, 6.07) is 20.6. The lowest BCUT2D eigenvalue weighted by atomic mass is 10.0. The van der Waals surface area contributed by atoms with E-state index in [1.54, 1.807) is 24.3 Å². The molecule has 0 saturated carbocycles. The van der Waals surface area contributed by atoms with E-state index in [2.05, 4.69) is 45.7 Å². The first-order valence-electron chi connectivity index (χ1n) is 9.59. The van der Waals surface area contributed by atoms with Crippen LogP contribution >= 0.6 is 0 Å². The summed E-state index contributed by atoms with van der Waals surface area (Å²) in [5, 5.41) is 8.44. The molecule has 0 radical (unpaired) electrons. The number of carbonyl (C=O) groups excluding carboxylic acids is 1. The molecule has 3 N–H and O–H groups in total. The number of sulfonamides is 1. The first-order chi connectivity index (χ1) is 14.0. The van der Waals surface area contributed by atoms with Crippen molar-refractivity contribution in [3.63, 3.8) is 0 Å². The second-order valence-corrected chi connectivity index (χ2v) is 8.87. The number of hydrogen-bond donors (Lipinski definition) is 3. The van der Waals surface area contributed by atoms with Crippen LogP contribution in [0, 0.1) is 0 Å². The molecule has 1 aliphatic heterocycles. The van der Waals surface area contributed by atoms with Gasteiger partial charge in [0.2, 0.25) is 0 Å². The van der Waals surface area contributed by atoms with E-state index in [0.29, 0.717) is 19.5 Å². The molecule has 1 atom stereocenters. The van der Waals surface area contributed by atoms with Crippen LogP contribution in [0.3, 0.4) is 0 Å². The van der Waals surface area contributed by atoms with Crippen LogP contribution in [0.4, 0.5) is 0 Å². The van der Waals surface area contributed by atoms with Crippen molar-refractivity contribution < 1.29 is 13.2 Å². The van der Waals surface area contributed by atoms with Crippen molar-refractivity contribution in [1.82, 2.24) is 15.4 Å². The Bertz CT molecular complexity index is 1120. The van der Waals surface area contributed by atoms with Crippen molar-refractivity contribution in [2.24, 2.45) is 0 Å². The number of rotatable bonds is 5. The highest BCUT2D eigenvalue weighted by atomic mass is 32.2. The molecular weight excluding hydrogens is 386 g/mol. The molecule has 1 fully saturated rings. The third-order valence-corrected chi connectivity index (χ3v) is 6.41. The molecule has 29 heavy (non-hydrogen) atoms. The summed E-state index contributed by atoms with van der Waals surface area (Å²) in [6.07, 6.45) is 0.704. The molecule has 0 aliphatic carbocycles. The Morgan fingerprint density at radius 3 is 2.38 bits per heavy atom. The van der Waals surface area contributed by atoms with Gasteiger partial charge in [-0.15, -0.1) is 0 Å². The quantitative estimate of drug-likeness (QED) is 0.598. The zero-order chi connectivity index (χ0) is 20.3. The van der Waals surface area contributed by atoms with Crippen molar-refractivity contribution in [3.8, 4) is 0 Å². The first-order valence-corrected chi connectivity index (χ1v) is 11.1. The van der Waals surface area contributed by atoms with Crippen LogP contribution in [0.25, 0.3) is 10.8 Å². The van der Waals surface area contributed by atoms with E-state index in [1.165, 1.54) is 10.8 Å². The Morgan fingerprint density at radius 2 is 1.66 bits per heavy atom. The summed E-state index contributed by atoms with van der Waals surface area (Å²) in [7, 11) is -3.89. The molecular formula is C22H23N3O3S. The monoisotopic (exact) mass is 409 g/mol. The van der Waals surface area contributed by atoms with Gasteiger partial charge < -0.3 is 10.6 Å². The van der Waals surface area contributed by atoms with E-state index in [1.807, 2.05) is 12.1 Å². The molecule has 1 heterocycles. The second kappa shape index (κ2) is 8.32. The molecule has 1 saturated heterocycles. The lowest BCUT2D eigenvalue weighted by Gasteiger charge is -2.23. The lowest BCUT2D eigenvalue weighted by molar-refractivity contribution is -0.121. The molecule has 0 aromatic heterocycles. The maximum absolute atomic E-state index is 12.5. The average molecular weight is 410 g/mol. The zero-order valence-electron chi connectivity index (χ0n) is 15.9. The fourth-order valence-corrected chi connectivity index (χ4v) is 4.49. The van der Waals surface area contributed by atoms with Crippen molar-refractivity contribution in [2.45, 2.75) is 17.4 Å². The van der Waals surface area contributed by atoms with Crippen LogP contribution in [-0.4, -0.2) is 40.0 Å². The van der Waals surface area contributed by atoms with E-state index in [0.717, 1.165) is 17.7 Å². The van der Waals surface area contributed by atoms with Gasteiger partial charge in [-0.3, -0.25) is 4.79 Å². The van der Waals surface area contributed by atoms with E-state index < -0.39 is 22.0 Å². The number of fused-ring (bicyclic) bond motifs is 1. The van der Waals surface area contributed by atoms with Gasteiger partial charge in [0.15, 0.2) is 0 Å². The van der Waals surface area contributed by atoms with Gasteiger partial charge in [-0.2, -0.15) is 0 Å². The third kappa shape index (κ3) is 4.64. The van der Waals surface area contributed by atoms with Crippen molar-refractivity contribution in [2.75, 3.05) is 19.6 Å². The Labute approximate surface area is 170 Å². The summed E-state index contributed by atoms with van der Waals surface area (Å²) in [6.45, 7) is 1.79. The average Bonchev–Trinajstić information content (AvgIpc) is 2.74. The number of carbonyl (C=O) groups is 1. The van der Waals surface area contributed by atoms with Gasteiger partial charge in [0.25, 0.3) is 15.9 Å². The van der Waals surface area contributed by atoms with Crippen LogP contribution in [0.5, 0.6) is 0 Å². The summed E-state index contributed by atoms with van der Waals surface area (Å²) >= 11 is 0. The largest absolute Gasteiger partial charge is 0.313 e. The topological polar surface area (TPSA) is 87.3 Å². The Morgan fingerprint density at radius 1 is 0.931 bits per heavy atom.